The number of nitrogens with one attached hydrogen (secondary N) is 2. The molecule has 0 aliphatic rings. The van der Waals surface area contributed by atoms with E-state index in [1.54, 1.807) is 60.8 Å². The lowest BCUT2D eigenvalue weighted by molar-refractivity contribution is -0.111. The lowest BCUT2D eigenvalue weighted by Gasteiger charge is -2.10. The summed E-state index contributed by atoms with van der Waals surface area (Å²) in [6, 6.07) is 17.8. The van der Waals surface area contributed by atoms with Crippen molar-refractivity contribution >= 4 is 23.6 Å². The van der Waals surface area contributed by atoms with E-state index in [9.17, 15) is 14.0 Å². The first kappa shape index (κ1) is 22.5. The lowest BCUT2D eigenvalue weighted by Crippen LogP contribution is -2.24. The first-order chi connectivity index (χ1) is 16.6. The third-order valence-corrected chi connectivity index (χ3v) is 4.68. The highest BCUT2D eigenvalue weighted by Gasteiger charge is 2.13. The van der Waals surface area contributed by atoms with Gasteiger partial charge in [0.05, 0.1) is 30.3 Å². The zero-order chi connectivity index (χ0) is 23.8. The number of para-hydroxylation sites is 1. The number of carbonyl (C=O) groups excluding carboxylic acids is 2. The average molecular weight is 457 g/mol. The highest BCUT2D eigenvalue weighted by Crippen LogP contribution is 2.25. The molecule has 34 heavy (non-hydrogen) atoms. The van der Waals surface area contributed by atoms with Crippen LogP contribution >= 0.6 is 0 Å². The maximum Gasteiger partial charge on any atom is 0.253 e. The summed E-state index contributed by atoms with van der Waals surface area (Å²) in [7, 11) is 0. The van der Waals surface area contributed by atoms with E-state index < -0.39 is 11.7 Å². The summed E-state index contributed by atoms with van der Waals surface area (Å²) in [5.41, 5.74) is 1.12. The summed E-state index contributed by atoms with van der Waals surface area (Å²) in [5.74, 6) is -0.336. The van der Waals surface area contributed by atoms with Crippen LogP contribution in [0.2, 0.25) is 0 Å². The Morgan fingerprint density at radius 2 is 1.94 bits per heavy atom. The minimum Gasteiger partial charge on any atom is -0.467 e. The van der Waals surface area contributed by atoms with Crippen LogP contribution in [0.15, 0.2) is 95.9 Å². The Hall–Kier alpha value is -4.72. The van der Waals surface area contributed by atoms with Crippen molar-refractivity contribution < 1.29 is 23.1 Å². The van der Waals surface area contributed by atoms with E-state index in [0.29, 0.717) is 28.3 Å². The van der Waals surface area contributed by atoms with Gasteiger partial charge in [0.25, 0.3) is 5.91 Å². The molecule has 2 aromatic heterocycles. The van der Waals surface area contributed by atoms with Gasteiger partial charge in [0, 0.05) is 12.3 Å². The first-order valence-electron chi connectivity index (χ1n) is 10.3. The highest BCUT2D eigenvalue weighted by atomic mass is 19.1. The van der Waals surface area contributed by atoms with E-state index in [2.05, 4.69) is 15.6 Å². The smallest absolute Gasteiger partial charge is 0.253 e. The Kier molecular flexibility index (Phi) is 7.09. The van der Waals surface area contributed by atoms with Crippen molar-refractivity contribution in [1.29, 1.82) is 0 Å². The topological polar surface area (TPSA) is 93.5 Å². The Morgan fingerprint density at radius 1 is 1.06 bits per heavy atom. The SMILES string of the molecule is O=C(/C=C/c1ccc(Oc2cccnc2)c(F)c1)Nc1ccccc1C(=O)NCc1ccco1. The number of pyridine rings is 1. The summed E-state index contributed by atoms with van der Waals surface area (Å²) >= 11 is 0. The fourth-order valence-electron chi connectivity index (χ4n) is 3.05. The average Bonchev–Trinajstić information content (AvgIpc) is 3.38. The number of carbonyl (C=O) groups is 2. The standard InChI is InChI=1S/C26H20FN3O4/c27-22-15-18(9-11-24(22)34-20-5-3-13-28-16-20)10-12-25(31)30-23-8-2-1-7-21(23)26(32)29-17-19-6-4-14-33-19/h1-16H,17H2,(H,29,32)(H,30,31)/b12-10+. The minimum absolute atomic E-state index is 0.0455. The Labute approximate surface area is 194 Å². The summed E-state index contributed by atoms with van der Waals surface area (Å²) in [6.45, 7) is 0.222. The first-order valence-corrected chi connectivity index (χ1v) is 10.3. The fourth-order valence-corrected chi connectivity index (χ4v) is 3.05. The Morgan fingerprint density at radius 3 is 2.71 bits per heavy atom. The number of benzene rings is 2. The number of halogens is 1. The molecular formula is C26H20FN3O4. The molecule has 0 spiro atoms. The van der Waals surface area contributed by atoms with Crippen LogP contribution in [-0.4, -0.2) is 16.8 Å². The molecule has 0 unspecified atom stereocenters. The predicted molar refractivity (Wildman–Crippen MR) is 125 cm³/mol. The van der Waals surface area contributed by atoms with Crippen molar-refractivity contribution in [3.8, 4) is 11.5 Å². The van der Waals surface area contributed by atoms with E-state index in [4.69, 9.17) is 9.15 Å². The molecule has 4 aromatic rings. The number of hydrogen-bond donors (Lipinski definition) is 2. The van der Waals surface area contributed by atoms with Gasteiger partial charge < -0.3 is 19.8 Å². The summed E-state index contributed by atoms with van der Waals surface area (Å²) < 4.78 is 25.1. The second-order valence-electron chi connectivity index (χ2n) is 7.11. The number of anilines is 1. The largest absolute Gasteiger partial charge is 0.467 e. The normalized spacial score (nSPS) is 10.7. The molecule has 0 aliphatic carbocycles. The number of hydrogen-bond acceptors (Lipinski definition) is 5. The second kappa shape index (κ2) is 10.7. The fraction of sp³-hybridized carbons (Fsp3) is 0.0385. The molecule has 0 atom stereocenters. The van der Waals surface area contributed by atoms with Gasteiger partial charge in [0.1, 0.15) is 11.5 Å². The maximum atomic E-state index is 14.4. The van der Waals surface area contributed by atoms with Gasteiger partial charge >= 0.3 is 0 Å². The van der Waals surface area contributed by atoms with Crippen LogP contribution in [0.3, 0.4) is 0 Å². The summed E-state index contributed by atoms with van der Waals surface area (Å²) in [5, 5.41) is 5.42. The van der Waals surface area contributed by atoms with Gasteiger partial charge in [-0.3, -0.25) is 14.6 Å². The number of furan rings is 1. The van der Waals surface area contributed by atoms with Gasteiger partial charge in [-0.2, -0.15) is 0 Å². The number of ether oxygens (including phenoxy) is 1. The monoisotopic (exact) mass is 457 g/mol. The quantitative estimate of drug-likeness (QED) is 0.355. The molecular weight excluding hydrogens is 437 g/mol. The van der Waals surface area contributed by atoms with E-state index in [0.717, 1.165) is 0 Å². The van der Waals surface area contributed by atoms with Gasteiger partial charge in [-0.1, -0.05) is 18.2 Å². The van der Waals surface area contributed by atoms with E-state index in [1.165, 1.54) is 36.7 Å². The Bertz CT molecular complexity index is 1300. The molecule has 8 heteroatoms. The van der Waals surface area contributed by atoms with Crippen molar-refractivity contribution in [2.24, 2.45) is 0 Å². The van der Waals surface area contributed by atoms with Crippen molar-refractivity contribution in [2.45, 2.75) is 6.54 Å². The number of aromatic nitrogens is 1. The van der Waals surface area contributed by atoms with Gasteiger partial charge in [-0.25, -0.2) is 4.39 Å². The molecule has 170 valence electrons. The van der Waals surface area contributed by atoms with Crippen LogP contribution in [0, 0.1) is 5.82 Å². The molecule has 0 aliphatic heterocycles. The van der Waals surface area contributed by atoms with Crippen LogP contribution in [0.5, 0.6) is 11.5 Å². The third kappa shape index (κ3) is 5.95. The molecule has 2 heterocycles. The highest BCUT2D eigenvalue weighted by molar-refractivity contribution is 6.07. The van der Waals surface area contributed by atoms with Gasteiger partial charge in [0.15, 0.2) is 11.6 Å². The van der Waals surface area contributed by atoms with E-state index in [1.807, 2.05) is 0 Å². The molecule has 4 rings (SSSR count). The Balaban J connectivity index is 1.38. The number of amides is 2. The van der Waals surface area contributed by atoms with Gasteiger partial charge in [0.2, 0.25) is 5.91 Å². The van der Waals surface area contributed by atoms with Gasteiger partial charge in [-0.05, 0) is 60.2 Å². The summed E-state index contributed by atoms with van der Waals surface area (Å²) in [4.78, 5) is 28.9. The molecule has 2 amide bonds. The lowest BCUT2D eigenvalue weighted by atomic mass is 10.1. The van der Waals surface area contributed by atoms with Crippen LogP contribution in [-0.2, 0) is 11.3 Å². The van der Waals surface area contributed by atoms with E-state index >= 15 is 0 Å². The molecule has 0 radical (unpaired) electrons. The van der Waals surface area contributed by atoms with Crippen molar-refractivity contribution in [3.63, 3.8) is 0 Å². The second-order valence-corrected chi connectivity index (χ2v) is 7.11. The predicted octanol–water partition coefficient (Wildman–Crippen LogP) is 5.19. The maximum absolute atomic E-state index is 14.4. The number of nitrogens with zero attached hydrogens (tertiary/aromatic N) is 1. The zero-order valence-corrected chi connectivity index (χ0v) is 17.9. The van der Waals surface area contributed by atoms with Crippen molar-refractivity contribution in [2.75, 3.05) is 5.32 Å². The minimum atomic E-state index is -0.579. The zero-order valence-electron chi connectivity index (χ0n) is 17.9. The third-order valence-electron chi connectivity index (χ3n) is 4.68. The summed E-state index contributed by atoms with van der Waals surface area (Å²) in [6.07, 6.45) is 7.32. The van der Waals surface area contributed by atoms with Crippen LogP contribution in [0.1, 0.15) is 21.7 Å². The number of rotatable bonds is 8. The van der Waals surface area contributed by atoms with Gasteiger partial charge in [-0.15, -0.1) is 0 Å². The molecule has 7 nitrogen and oxygen atoms in total. The molecule has 2 N–H and O–H groups in total. The molecule has 0 saturated heterocycles. The van der Waals surface area contributed by atoms with Crippen LogP contribution in [0.4, 0.5) is 10.1 Å². The van der Waals surface area contributed by atoms with Crippen molar-refractivity contribution in [1.82, 2.24) is 10.3 Å². The van der Waals surface area contributed by atoms with Crippen molar-refractivity contribution in [3.05, 3.63) is 114 Å². The van der Waals surface area contributed by atoms with Crippen LogP contribution in [0.25, 0.3) is 6.08 Å². The van der Waals surface area contributed by atoms with Crippen LogP contribution < -0.4 is 15.4 Å². The molecule has 0 bridgehead atoms. The molecule has 0 fully saturated rings. The molecule has 2 aromatic carbocycles. The molecule has 0 saturated carbocycles. The van der Waals surface area contributed by atoms with E-state index in [-0.39, 0.29) is 18.2 Å².